The van der Waals surface area contributed by atoms with Crippen LogP contribution in [0.15, 0.2) is 53.2 Å². The molecule has 8 nitrogen and oxygen atoms in total. The molecular weight excluding hydrogens is 328 g/mol. The number of nitro benzene ring substituents is 1. The minimum absolute atomic E-state index is 0.0271. The van der Waals surface area contributed by atoms with E-state index in [0.29, 0.717) is 22.6 Å². The molecule has 2 aliphatic rings. The lowest BCUT2D eigenvalue weighted by Gasteiger charge is -2.01. The molecule has 0 saturated carbocycles. The predicted molar refractivity (Wildman–Crippen MR) is 86.3 cm³/mol. The minimum atomic E-state index is -0.592. The van der Waals surface area contributed by atoms with Crippen molar-refractivity contribution in [3.63, 3.8) is 0 Å². The van der Waals surface area contributed by atoms with Crippen LogP contribution in [-0.4, -0.2) is 23.6 Å². The lowest BCUT2D eigenvalue weighted by Crippen LogP contribution is -2.05. The SMILES string of the molecule is O=C1OC(c2ccc3c(c2)OCO3)=NC1=Cc1ccc([N+](=O)[O-])cc1. The molecule has 0 amide bonds. The van der Waals surface area contributed by atoms with Crippen molar-refractivity contribution < 1.29 is 23.9 Å². The van der Waals surface area contributed by atoms with Gasteiger partial charge in [-0.15, -0.1) is 0 Å². The highest BCUT2D eigenvalue weighted by atomic mass is 16.7. The number of esters is 1. The number of rotatable bonds is 3. The average Bonchev–Trinajstić information content (AvgIpc) is 3.21. The Morgan fingerprint density at radius 1 is 1.08 bits per heavy atom. The molecule has 0 aliphatic carbocycles. The van der Waals surface area contributed by atoms with Crippen LogP contribution in [0.25, 0.3) is 6.08 Å². The molecule has 0 radical (unpaired) electrons. The monoisotopic (exact) mass is 338 g/mol. The normalized spacial score (nSPS) is 16.7. The van der Waals surface area contributed by atoms with E-state index in [1.807, 2.05) is 0 Å². The number of nitro groups is 1. The van der Waals surface area contributed by atoms with Crippen molar-refractivity contribution in [1.29, 1.82) is 0 Å². The molecule has 2 heterocycles. The molecule has 0 unspecified atom stereocenters. The van der Waals surface area contributed by atoms with E-state index >= 15 is 0 Å². The Bertz CT molecular complexity index is 946. The summed E-state index contributed by atoms with van der Waals surface area (Å²) in [4.78, 5) is 26.4. The van der Waals surface area contributed by atoms with Gasteiger partial charge < -0.3 is 14.2 Å². The highest BCUT2D eigenvalue weighted by molar-refractivity contribution is 6.13. The zero-order valence-electron chi connectivity index (χ0n) is 12.7. The zero-order valence-corrected chi connectivity index (χ0v) is 12.7. The van der Waals surface area contributed by atoms with E-state index in [-0.39, 0.29) is 24.1 Å². The maximum absolute atomic E-state index is 12.0. The number of fused-ring (bicyclic) bond motifs is 1. The number of carbonyl (C=O) groups is 1. The Balaban J connectivity index is 1.62. The van der Waals surface area contributed by atoms with E-state index < -0.39 is 10.9 Å². The van der Waals surface area contributed by atoms with Gasteiger partial charge >= 0.3 is 5.97 Å². The van der Waals surface area contributed by atoms with E-state index in [9.17, 15) is 14.9 Å². The van der Waals surface area contributed by atoms with E-state index in [0.717, 1.165) is 0 Å². The lowest BCUT2D eigenvalue weighted by atomic mass is 10.2. The topological polar surface area (TPSA) is 100 Å². The first-order valence-electron chi connectivity index (χ1n) is 7.27. The summed E-state index contributed by atoms with van der Waals surface area (Å²) < 4.78 is 15.7. The van der Waals surface area contributed by atoms with Crippen LogP contribution in [0.3, 0.4) is 0 Å². The van der Waals surface area contributed by atoms with Gasteiger partial charge in [0.2, 0.25) is 12.7 Å². The van der Waals surface area contributed by atoms with Crippen molar-refractivity contribution >= 4 is 23.6 Å². The van der Waals surface area contributed by atoms with E-state index in [4.69, 9.17) is 14.2 Å². The van der Waals surface area contributed by atoms with Crippen molar-refractivity contribution in [2.75, 3.05) is 6.79 Å². The third-order valence-corrected chi connectivity index (χ3v) is 3.65. The maximum atomic E-state index is 12.0. The van der Waals surface area contributed by atoms with Crippen molar-refractivity contribution in [2.45, 2.75) is 0 Å². The van der Waals surface area contributed by atoms with Gasteiger partial charge in [0.05, 0.1) is 4.92 Å². The van der Waals surface area contributed by atoms with Crippen LogP contribution in [0.1, 0.15) is 11.1 Å². The maximum Gasteiger partial charge on any atom is 0.363 e. The summed E-state index contributed by atoms with van der Waals surface area (Å²) in [6.07, 6.45) is 1.51. The number of hydrogen-bond acceptors (Lipinski definition) is 7. The first kappa shape index (κ1) is 14.9. The number of benzene rings is 2. The quantitative estimate of drug-likeness (QED) is 0.369. The van der Waals surface area contributed by atoms with Crippen LogP contribution in [0.4, 0.5) is 5.69 Å². The minimum Gasteiger partial charge on any atom is -0.454 e. The van der Waals surface area contributed by atoms with Crippen LogP contribution in [-0.2, 0) is 9.53 Å². The van der Waals surface area contributed by atoms with Crippen LogP contribution in [0.2, 0.25) is 0 Å². The molecule has 4 rings (SSSR count). The number of non-ortho nitro benzene ring substituents is 1. The Kier molecular flexibility index (Phi) is 3.42. The van der Waals surface area contributed by atoms with Crippen molar-refractivity contribution in [3.05, 3.63) is 69.4 Å². The number of hydrogen-bond donors (Lipinski definition) is 0. The highest BCUT2D eigenvalue weighted by Crippen LogP contribution is 2.33. The summed E-state index contributed by atoms with van der Waals surface area (Å²) in [6.45, 7) is 0.149. The summed E-state index contributed by atoms with van der Waals surface area (Å²) in [5, 5.41) is 10.7. The molecule has 0 atom stereocenters. The van der Waals surface area contributed by atoms with Crippen molar-refractivity contribution in [3.8, 4) is 11.5 Å². The van der Waals surface area contributed by atoms with Crippen LogP contribution in [0.5, 0.6) is 11.5 Å². The molecule has 0 bridgehead atoms. The number of nitrogens with zero attached hydrogens (tertiary/aromatic N) is 2. The second kappa shape index (κ2) is 5.75. The van der Waals surface area contributed by atoms with E-state index in [1.165, 1.54) is 30.3 Å². The van der Waals surface area contributed by atoms with Gasteiger partial charge in [-0.05, 0) is 42.0 Å². The van der Waals surface area contributed by atoms with Crippen LogP contribution < -0.4 is 9.47 Å². The summed E-state index contributed by atoms with van der Waals surface area (Å²) in [5.74, 6) is 0.752. The molecule has 0 saturated heterocycles. The van der Waals surface area contributed by atoms with E-state index in [2.05, 4.69) is 4.99 Å². The number of ether oxygens (including phenoxy) is 3. The fourth-order valence-corrected chi connectivity index (χ4v) is 2.41. The van der Waals surface area contributed by atoms with Gasteiger partial charge in [-0.3, -0.25) is 10.1 Å². The van der Waals surface area contributed by atoms with Crippen LogP contribution >= 0.6 is 0 Å². The van der Waals surface area contributed by atoms with Gasteiger partial charge in [-0.25, -0.2) is 9.79 Å². The van der Waals surface area contributed by atoms with Crippen LogP contribution in [0, 0.1) is 10.1 Å². The lowest BCUT2D eigenvalue weighted by molar-refractivity contribution is -0.384. The first-order chi connectivity index (χ1) is 12.1. The fourth-order valence-electron chi connectivity index (χ4n) is 2.41. The molecule has 2 aliphatic heterocycles. The summed E-state index contributed by atoms with van der Waals surface area (Å²) >= 11 is 0. The second-order valence-corrected chi connectivity index (χ2v) is 5.25. The Morgan fingerprint density at radius 2 is 1.84 bits per heavy atom. The Hall–Kier alpha value is -3.68. The third-order valence-electron chi connectivity index (χ3n) is 3.65. The number of carbonyl (C=O) groups excluding carboxylic acids is 1. The molecule has 8 heteroatoms. The smallest absolute Gasteiger partial charge is 0.363 e. The predicted octanol–water partition coefficient (Wildman–Crippen LogP) is 2.67. The second-order valence-electron chi connectivity index (χ2n) is 5.25. The summed E-state index contributed by atoms with van der Waals surface area (Å²) in [7, 11) is 0. The van der Waals surface area contributed by atoms with Gasteiger partial charge in [0.15, 0.2) is 17.2 Å². The largest absolute Gasteiger partial charge is 0.454 e. The molecule has 2 aromatic carbocycles. The summed E-state index contributed by atoms with van der Waals surface area (Å²) in [6, 6.07) is 10.9. The molecule has 0 fully saturated rings. The zero-order chi connectivity index (χ0) is 17.4. The van der Waals surface area contributed by atoms with Crippen molar-refractivity contribution in [1.82, 2.24) is 0 Å². The Morgan fingerprint density at radius 3 is 2.60 bits per heavy atom. The van der Waals surface area contributed by atoms with Crippen molar-refractivity contribution in [2.24, 2.45) is 4.99 Å². The number of cyclic esters (lactones) is 1. The van der Waals surface area contributed by atoms with Gasteiger partial charge in [-0.1, -0.05) is 0 Å². The molecular formula is C17H10N2O6. The third kappa shape index (κ3) is 2.80. The van der Waals surface area contributed by atoms with E-state index in [1.54, 1.807) is 18.2 Å². The standard InChI is InChI=1S/C17H10N2O6/c20-17-13(7-10-1-4-12(5-2-10)19(21)22)18-16(25-17)11-3-6-14-15(8-11)24-9-23-14/h1-8H,9H2. The first-order valence-corrected chi connectivity index (χ1v) is 7.27. The summed E-state index contributed by atoms with van der Waals surface area (Å²) in [5.41, 5.74) is 1.28. The number of aliphatic imine (C=N–C) groups is 1. The van der Waals surface area contributed by atoms with Gasteiger partial charge in [-0.2, -0.15) is 0 Å². The Labute approximate surface area is 141 Å². The molecule has 25 heavy (non-hydrogen) atoms. The van der Waals surface area contributed by atoms with Gasteiger partial charge in [0.1, 0.15) is 0 Å². The van der Waals surface area contributed by atoms with Gasteiger partial charge in [0.25, 0.3) is 5.69 Å². The molecule has 124 valence electrons. The molecule has 0 aromatic heterocycles. The molecule has 2 aromatic rings. The molecule has 0 N–H and O–H groups in total. The average molecular weight is 338 g/mol. The fraction of sp³-hybridized carbons (Fsp3) is 0.0588. The molecule has 0 spiro atoms. The highest BCUT2D eigenvalue weighted by Gasteiger charge is 2.25. The van der Waals surface area contributed by atoms with Gasteiger partial charge in [0, 0.05) is 17.7 Å².